The highest BCUT2D eigenvalue weighted by Gasteiger charge is 2.22. The minimum Gasteiger partial charge on any atom is -0.465 e. The Kier molecular flexibility index (Phi) is 7.11. The van der Waals surface area contributed by atoms with Crippen LogP contribution in [0, 0.1) is 19.8 Å². The number of nitrogens with one attached hydrogen (secondary N) is 2. The zero-order chi connectivity index (χ0) is 16.7. The molecule has 0 saturated carbocycles. The molecule has 0 aromatic carbocycles. The van der Waals surface area contributed by atoms with Gasteiger partial charge in [-0.2, -0.15) is 0 Å². The van der Waals surface area contributed by atoms with Crippen molar-refractivity contribution >= 4 is 11.9 Å². The number of aryl methyl sites for hydroxylation is 1. The number of rotatable bonds is 8. The van der Waals surface area contributed by atoms with Gasteiger partial charge >= 0.3 is 5.97 Å². The van der Waals surface area contributed by atoms with Crippen LogP contribution >= 0.6 is 0 Å². The lowest BCUT2D eigenvalue weighted by molar-refractivity contribution is 0.0599. The van der Waals surface area contributed by atoms with Crippen LogP contribution in [0.1, 0.15) is 52.4 Å². The van der Waals surface area contributed by atoms with Gasteiger partial charge in [-0.1, -0.05) is 13.8 Å². The van der Waals surface area contributed by atoms with Crippen LogP contribution in [0.3, 0.4) is 0 Å². The van der Waals surface area contributed by atoms with Crippen LogP contribution < -0.4 is 5.32 Å². The molecule has 1 aromatic heterocycles. The Morgan fingerprint density at radius 2 is 1.95 bits per heavy atom. The molecule has 1 rings (SSSR count). The van der Waals surface area contributed by atoms with Gasteiger partial charge in [0.05, 0.1) is 12.7 Å². The van der Waals surface area contributed by atoms with Crippen molar-refractivity contribution in [2.75, 3.05) is 26.9 Å². The van der Waals surface area contributed by atoms with E-state index in [1.54, 1.807) is 13.8 Å². The van der Waals surface area contributed by atoms with E-state index in [2.05, 4.69) is 24.1 Å². The maximum Gasteiger partial charge on any atom is 0.339 e. The summed E-state index contributed by atoms with van der Waals surface area (Å²) >= 11 is 0. The summed E-state index contributed by atoms with van der Waals surface area (Å²) in [6.45, 7) is 9.54. The molecule has 0 unspecified atom stereocenters. The van der Waals surface area contributed by atoms with Crippen LogP contribution in [0.4, 0.5) is 0 Å². The number of H-pyrrole nitrogens is 1. The van der Waals surface area contributed by atoms with Gasteiger partial charge in [0.15, 0.2) is 0 Å². The van der Waals surface area contributed by atoms with Crippen LogP contribution in [-0.2, 0) is 9.47 Å². The van der Waals surface area contributed by atoms with Crippen LogP contribution in [0.2, 0.25) is 0 Å². The molecule has 22 heavy (non-hydrogen) atoms. The number of methoxy groups -OCH3 is 1. The average molecular weight is 310 g/mol. The summed E-state index contributed by atoms with van der Waals surface area (Å²) in [7, 11) is 1.32. The van der Waals surface area contributed by atoms with E-state index in [-0.39, 0.29) is 5.91 Å². The second-order valence-corrected chi connectivity index (χ2v) is 5.69. The molecule has 0 aliphatic carbocycles. The lowest BCUT2D eigenvalue weighted by Crippen LogP contribution is -2.26. The molecule has 6 heteroatoms. The van der Waals surface area contributed by atoms with Gasteiger partial charge in [-0.3, -0.25) is 4.79 Å². The van der Waals surface area contributed by atoms with Crippen molar-refractivity contribution in [2.45, 2.75) is 34.1 Å². The molecule has 2 N–H and O–H groups in total. The Bertz CT molecular complexity index is 520. The van der Waals surface area contributed by atoms with E-state index in [4.69, 9.17) is 9.47 Å². The smallest absolute Gasteiger partial charge is 0.339 e. The van der Waals surface area contributed by atoms with E-state index in [1.807, 2.05) is 0 Å². The summed E-state index contributed by atoms with van der Waals surface area (Å²) in [6, 6.07) is 0. The molecule has 0 aliphatic heterocycles. The predicted molar refractivity (Wildman–Crippen MR) is 84.2 cm³/mol. The van der Waals surface area contributed by atoms with E-state index >= 15 is 0 Å². The molecule has 1 heterocycles. The monoisotopic (exact) mass is 310 g/mol. The number of esters is 1. The molecule has 6 nitrogen and oxygen atoms in total. The van der Waals surface area contributed by atoms with Crippen molar-refractivity contribution < 1.29 is 19.1 Å². The molecule has 0 aliphatic rings. The third-order valence-corrected chi connectivity index (χ3v) is 3.26. The summed E-state index contributed by atoms with van der Waals surface area (Å²) in [5.41, 5.74) is 2.07. The SMILES string of the molecule is COC(=O)c1c(C)[nH]c(C(=O)NCCCOCC(C)C)c1C. The van der Waals surface area contributed by atoms with Gasteiger partial charge in [0.25, 0.3) is 5.91 Å². The van der Waals surface area contributed by atoms with Gasteiger partial charge < -0.3 is 19.8 Å². The first-order chi connectivity index (χ1) is 10.4. The molecule has 124 valence electrons. The second kappa shape index (κ2) is 8.58. The van der Waals surface area contributed by atoms with Gasteiger partial charge in [0.1, 0.15) is 5.69 Å². The molecule has 0 spiro atoms. The number of amides is 1. The van der Waals surface area contributed by atoms with Crippen LogP contribution in [0.25, 0.3) is 0 Å². The summed E-state index contributed by atoms with van der Waals surface area (Å²) in [4.78, 5) is 26.8. The van der Waals surface area contributed by atoms with E-state index in [0.29, 0.717) is 41.6 Å². The topological polar surface area (TPSA) is 80.4 Å². The fourth-order valence-electron chi connectivity index (χ4n) is 2.17. The molecule has 1 amide bonds. The van der Waals surface area contributed by atoms with Crippen LogP contribution in [0.15, 0.2) is 0 Å². The Morgan fingerprint density at radius 3 is 2.55 bits per heavy atom. The average Bonchev–Trinajstić information content (AvgIpc) is 2.76. The fraction of sp³-hybridized carbons (Fsp3) is 0.625. The molecule has 0 fully saturated rings. The van der Waals surface area contributed by atoms with E-state index in [0.717, 1.165) is 13.0 Å². The van der Waals surface area contributed by atoms with Crippen molar-refractivity contribution in [1.82, 2.24) is 10.3 Å². The second-order valence-electron chi connectivity index (χ2n) is 5.69. The van der Waals surface area contributed by atoms with Crippen LogP contribution in [-0.4, -0.2) is 43.7 Å². The first-order valence-corrected chi connectivity index (χ1v) is 7.51. The Morgan fingerprint density at radius 1 is 1.27 bits per heavy atom. The Labute approximate surface area is 131 Å². The van der Waals surface area contributed by atoms with E-state index in [1.165, 1.54) is 7.11 Å². The highest BCUT2D eigenvalue weighted by Crippen LogP contribution is 2.18. The number of aromatic amines is 1. The minimum atomic E-state index is -0.438. The maximum absolute atomic E-state index is 12.1. The van der Waals surface area contributed by atoms with Gasteiger partial charge in [-0.15, -0.1) is 0 Å². The minimum absolute atomic E-state index is 0.223. The number of hydrogen-bond donors (Lipinski definition) is 2. The van der Waals surface area contributed by atoms with Gasteiger partial charge in [0.2, 0.25) is 0 Å². The van der Waals surface area contributed by atoms with Crippen molar-refractivity contribution in [3.8, 4) is 0 Å². The Balaban J connectivity index is 2.51. The van der Waals surface area contributed by atoms with E-state index < -0.39 is 5.97 Å². The lowest BCUT2D eigenvalue weighted by Gasteiger charge is -2.07. The molecule has 0 bridgehead atoms. The zero-order valence-corrected chi connectivity index (χ0v) is 14.0. The molecule has 0 atom stereocenters. The van der Waals surface area contributed by atoms with Crippen molar-refractivity contribution in [3.63, 3.8) is 0 Å². The Hall–Kier alpha value is -1.82. The predicted octanol–water partition coefficient (Wildman–Crippen LogP) is 2.21. The summed E-state index contributed by atoms with van der Waals surface area (Å²) in [6.07, 6.45) is 0.751. The number of aromatic nitrogens is 1. The molecule has 0 radical (unpaired) electrons. The first kappa shape index (κ1) is 18.2. The highest BCUT2D eigenvalue weighted by atomic mass is 16.5. The highest BCUT2D eigenvalue weighted by molar-refractivity contribution is 6.00. The number of hydrogen-bond acceptors (Lipinski definition) is 4. The van der Waals surface area contributed by atoms with Crippen LogP contribution in [0.5, 0.6) is 0 Å². The number of carbonyl (C=O) groups excluding carboxylic acids is 2. The molecular formula is C16H26N2O4. The van der Waals surface area contributed by atoms with E-state index in [9.17, 15) is 9.59 Å². The normalized spacial score (nSPS) is 10.8. The van der Waals surface area contributed by atoms with Crippen molar-refractivity contribution in [1.29, 1.82) is 0 Å². The van der Waals surface area contributed by atoms with Crippen molar-refractivity contribution in [2.24, 2.45) is 5.92 Å². The maximum atomic E-state index is 12.1. The van der Waals surface area contributed by atoms with Gasteiger partial charge in [-0.25, -0.2) is 4.79 Å². The van der Waals surface area contributed by atoms with Gasteiger partial charge in [0, 0.05) is 25.5 Å². The van der Waals surface area contributed by atoms with Crippen molar-refractivity contribution in [3.05, 3.63) is 22.5 Å². The zero-order valence-electron chi connectivity index (χ0n) is 14.0. The fourth-order valence-corrected chi connectivity index (χ4v) is 2.17. The molecular weight excluding hydrogens is 284 g/mol. The molecule has 0 saturated heterocycles. The third kappa shape index (κ3) is 4.87. The summed E-state index contributed by atoms with van der Waals surface area (Å²) < 4.78 is 10.2. The number of carbonyl (C=O) groups is 2. The summed E-state index contributed by atoms with van der Waals surface area (Å²) in [5.74, 6) is -0.150. The standard InChI is InChI=1S/C16H26N2O4/c1-10(2)9-22-8-6-7-17-15(19)14-11(3)13(12(4)18-14)16(20)21-5/h10,18H,6-9H2,1-5H3,(H,17,19). The van der Waals surface area contributed by atoms with Gasteiger partial charge in [-0.05, 0) is 31.7 Å². The summed E-state index contributed by atoms with van der Waals surface area (Å²) in [5, 5.41) is 2.82. The largest absolute Gasteiger partial charge is 0.465 e. The number of ether oxygens (including phenoxy) is 2. The third-order valence-electron chi connectivity index (χ3n) is 3.26. The molecule has 1 aromatic rings. The quantitative estimate of drug-likeness (QED) is 0.570. The first-order valence-electron chi connectivity index (χ1n) is 7.51. The lowest BCUT2D eigenvalue weighted by atomic mass is 10.1.